The van der Waals surface area contributed by atoms with Crippen LogP contribution in [0.1, 0.15) is 32.7 Å². The molecule has 0 aliphatic heterocycles. The molecule has 0 spiro atoms. The van der Waals surface area contributed by atoms with Crippen molar-refractivity contribution in [1.82, 2.24) is 8.94 Å². The van der Waals surface area contributed by atoms with Gasteiger partial charge in [0.25, 0.3) is 17.9 Å². The number of amides is 1. The Morgan fingerprint density at radius 3 is 2.77 bits per heavy atom. The van der Waals surface area contributed by atoms with Crippen LogP contribution in [0.15, 0.2) is 29.2 Å². The number of anilines is 1. The Kier molecular flexibility index (Phi) is 6.97. The van der Waals surface area contributed by atoms with Gasteiger partial charge < -0.3 is 9.88 Å². The zero-order chi connectivity index (χ0) is 21.8. The van der Waals surface area contributed by atoms with Gasteiger partial charge in [-0.15, -0.1) is 11.3 Å². The number of hydrogen-bond donors (Lipinski definition) is 1. The van der Waals surface area contributed by atoms with Crippen LogP contribution in [0.25, 0.3) is 0 Å². The fraction of sp³-hybridized carbons (Fsp3) is 0.211. The molecular weight excluding hydrogens is 459 g/mol. The predicted octanol–water partition coefficient (Wildman–Crippen LogP) is 4.64. The smallest absolute Gasteiger partial charge is 0.286 e. The molecule has 3 heterocycles. The number of hydrogen-bond acceptors (Lipinski definition) is 5. The molecule has 5 nitrogen and oxygen atoms in total. The highest BCUT2D eigenvalue weighted by Crippen LogP contribution is 2.28. The van der Waals surface area contributed by atoms with Crippen molar-refractivity contribution in [3.63, 3.8) is 0 Å². The highest BCUT2D eigenvalue weighted by atomic mass is 35.5. The number of thiophene rings is 1. The van der Waals surface area contributed by atoms with E-state index >= 15 is 0 Å². The van der Waals surface area contributed by atoms with Gasteiger partial charge in [0.2, 0.25) is 0 Å². The van der Waals surface area contributed by atoms with Crippen molar-refractivity contribution < 1.29 is 18.0 Å². The number of rotatable bonds is 5. The fourth-order valence-corrected chi connectivity index (χ4v) is 4.14. The molecule has 0 fully saturated rings. The molecule has 0 aliphatic rings. The Morgan fingerprint density at radius 2 is 2.10 bits per heavy atom. The molecule has 0 bridgehead atoms. The van der Waals surface area contributed by atoms with E-state index in [4.69, 9.17) is 11.6 Å². The van der Waals surface area contributed by atoms with Crippen LogP contribution in [0.4, 0.5) is 18.9 Å². The zero-order valence-corrected chi connectivity index (χ0v) is 17.7. The first kappa shape index (κ1) is 22.1. The van der Waals surface area contributed by atoms with E-state index in [2.05, 4.69) is 21.5 Å². The van der Waals surface area contributed by atoms with Crippen molar-refractivity contribution in [1.29, 1.82) is 0 Å². The first-order chi connectivity index (χ1) is 14.3. The minimum absolute atomic E-state index is 0.133. The van der Waals surface area contributed by atoms with Gasteiger partial charge in [0.15, 0.2) is 5.82 Å². The van der Waals surface area contributed by atoms with Gasteiger partial charge in [0.1, 0.15) is 4.34 Å². The van der Waals surface area contributed by atoms with Gasteiger partial charge in [0.05, 0.1) is 33.2 Å². The third-order valence-corrected chi connectivity index (χ3v) is 5.89. The summed E-state index contributed by atoms with van der Waals surface area (Å²) in [5, 5.41) is 2.38. The summed E-state index contributed by atoms with van der Waals surface area (Å²) < 4.78 is 43.9. The van der Waals surface area contributed by atoms with Crippen LogP contribution in [0.3, 0.4) is 0 Å². The van der Waals surface area contributed by atoms with Gasteiger partial charge in [-0.25, -0.2) is 13.2 Å². The maximum Gasteiger partial charge on any atom is 0.286 e. The molecule has 3 aromatic heterocycles. The Morgan fingerprint density at radius 1 is 1.33 bits per heavy atom. The highest BCUT2D eigenvalue weighted by Gasteiger charge is 2.16. The molecule has 30 heavy (non-hydrogen) atoms. The van der Waals surface area contributed by atoms with E-state index in [1.165, 1.54) is 17.6 Å². The van der Waals surface area contributed by atoms with Crippen molar-refractivity contribution in [2.24, 2.45) is 0 Å². The van der Waals surface area contributed by atoms with Crippen molar-refractivity contribution in [3.8, 4) is 11.8 Å². The van der Waals surface area contributed by atoms with Gasteiger partial charge >= 0.3 is 0 Å². The lowest BCUT2D eigenvalue weighted by Gasteiger charge is -2.09. The van der Waals surface area contributed by atoms with Crippen LogP contribution >= 0.6 is 34.5 Å². The van der Waals surface area contributed by atoms with E-state index in [0.717, 1.165) is 40.6 Å². The number of carbonyl (C=O) groups excluding carboxylic acids is 1. The zero-order valence-electron chi connectivity index (χ0n) is 15.3. The first-order valence-electron chi connectivity index (χ1n) is 8.53. The largest absolute Gasteiger partial charge is 0.320 e. The summed E-state index contributed by atoms with van der Waals surface area (Å²) in [7, 11) is 0. The van der Waals surface area contributed by atoms with Gasteiger partial charge in [0, 0.05) is 12.3 Å². The normalized spacial score (nSPS) is 10.7. The summed E-state index contributed by atoms with van der Waals surface area (Å²) >= 11 is 8.38. The van der Waals surface area contributed by atoms with E-state index in [-0.39, 0.29) is 10.6 Å². The summed E-state index contributed by atoms with van der Waals surface area (Å²) in [5.41, 5.74) is 0.0410. The van der Waals surface area contributed by atoms with Gasteiger partial charge in [-0.05, 0) is 36.0 Å². The second-order valence-electron chi connectivity index (χ2n) is 5.96. The number of halogens is 4. The Hall–Kier alpha value is -2.61. The van der Waals surface area contributed by atoms with Crippen molar-refractivity contribution in [3.05, 3.63) is 65.9 Å². The average Bonchev–Trinajstić information content (AvgIpc) is 3.30. The van der Waals surface area contributed by atoms with Crippen LogP contribution in [0.2, 0.25) is 4.34 Å². The summed E-state index contributed by atoms with van der Waals surface area (Å²) in [6.45, 7) is 1.000. The molecule has 0 unspecified atom stereocenters. The van der Waals surface area contributed by atoms with Crippen LogP contribution in [-0.2, 0) is 13.0 Å². The number of aryl methyl sites for hydroxylation is 1. The van der Waals surface area contributed by atoms with E-state index in [0.29, 0.717) is 14.5 Å². The third kappa shape index (κ3) is 5.30. The monoisotopic (exact) mass is 471 g/mol. The molecule has 0 atom stereocenters. The highest BCUT2D eigenvalue weighted by molar-refractivity contribution is 7.18. The number of pyridine rings is 1. The Labute approximate surface area is 182 Å². The SMILES string of the molecule is CCc1cc(C#Cc2cc(C(=O)Nc3cc(F)c(=O)n(CC(F)F)c3)sc2Cl)sn1. The van der Waals surface area contributed by atoms with E-state index in [9.17, 15) is 22.8 Å². The van der Waals surface area contributed by atoms with E-state index in [1.807, 2.05) is 13.0 Å². The van der Waals surface area contributed by atoms with Crippen LogP contribution in [0.5, 0.6) is 0 Å². The number of nitrogens with zero attached hydrogens (tertiary/aromatic N) is 2. The van der Waals surface area contributed by atoms with Gasteiger partial charge in [-0.1, -0.05) is 24.4 Å². The molecule has 0 radical (unpaired) electrons. The molecular formula is C19H13ClF3N3O2S2. The number of alkyl halides is 2. The second kappa shape index (κ2) is 9.47. The van der Waals surface area contributed by atoms with Crippen molar-refractivity contribution in [2.45, 2.75) is 26.3 Å². The van der Waals surface area contributed by atoms with Crippen LogP contribution < -0.4 is 10.9 Å². The number of aromatic nitrogens is 2. The van der Waals surface area contributed by atoms with Gasteiger partial charge in [-0.2, -0.15) is 4.37 Å². The maximum absolute atomic E-state index is 13.7. The minimum Gasteiger partial charge on any atom is -0.320 e. The number of carbonyl (C=O) groups is 1. The fourth-order valence-electron chi connectivity index (χ4n) is 2.38. The quantitative estimate of drug-likeness (QED) is 0.551. The van der Waals surface area contributed by atoms with Crippen molar-refractivity contribution in [2.75, 3.05) is 5.32 Å². The summed E-state index contributed by atoms with van der Waals surface area (Å²) in [5.74, 6) is 3.93. The molecule has 1 N–H and O–H groups in total. The number of nitrogens with one attached hydrogen (secondary N) is 1. The standard InChI is InChI=1S/C19H13ClF3N3O2S2/c1-2-11-6-13(30-25-11)4-3-10-5-15(29-17(10)20)18(27)24-12-7-14(21)19(28)26(8-12)9-16(22)23/h5-8,16H,2,9H2,1H3,(H,24,27). The van der Waals surface area contributed by atoms with E-state index < -0.39 is 30.3 Å². The molecule has 3 rings (SSSR count). The lowest BCUT2D eigenvalue weighted by atomic mass is 10.2. The summed E-state index contributed by atoms with van der Waals surface area (Å²) in [6.07, 6.45) is -1.09. The molecule has 156 valence electrons. The van der Waals surface area contributed by atoms with E-state index in [1.54, 1.807) is 0 Å². The lowest BCUT2D eigenvalue weighted by molar-refractivity contribution is 0.103. The minimum atomic E-state index is -2.85. The molecule has 0 saturated carbocycles. The van der Waals surface area contributed by atoms with Crippen LogP contribution in [0, 0.1) is 17.7 Å². The molecule has 3 aromatic rings. The Bertz CT molecular complexity index is 1210. The van der Waals surface area contributed by atoms with Crippen molar-refractivity contribution >= 4 is 46.1 Å². The van der Waals surface area contributed by atoms with Crippen LogP contribution in [-0.4, -0.2) is 21.3 Å². The summed E-state index contributed by atoms with van der Waals surface area (Å²) in [6, 6.07) is 4.12. The molecule has 1 amide bonds. The average molecular weight is 472 g/mol. The topological polar surface area (TPSA) is 64.0 Å². The lowest BCUT2D eigenvalue weighted by Crippen LogP contribution is -2.26. The third-order valence-electron chi connectivity index (χ3n) is 3.79. The predicted molar refractivity (Wildman–Crippen MR) is 111 cm³/mol. The maximum atomic E-state index is 13.7. The van der Waals surface area contributed by atoms with Gasteiger partial charge in [-0.3, -0.25) is 9.59 Å². The summed E-state index contributed by atoms with van der Waals surface area (Å²) in [4.78, 5) is 25.0. The molecule has 0 saturated heterocycles. The molecule has 0 aliphatic carbocycles. The Balaban J connectivity index is 1.79. The molecule has 0 aromatic carbocycles. The first-order valence-corrected chi connectivity index (χ1v) is 10.5. The second-order valence-corrected chi connectivity index (χ2v) is 8.42. The molecule has 11 heteroatoms.